The second-order valence-corrected chi connectivity index (χ2v) is 7.05. The van der Waals surface area contributed by atoms with Gasteiger partial charge in [0.05, 0.1) is 11.3 Å². The molecule has 0 unspecified atom stereocenters. The van der Waals surface area contributed by atoms with Gasteiger partial charge in [-0.05, 0) is 37.3 Å². The Balaban J connectivity index is 1.94. The van der Waals surface area contributed by atoms with E-state index in [9.17, 15) is 22.8 Å². The van der Waals surface area contributed by atoms with Crippen LogP contribution in [-0.4, -0.2) is 16.8 Å². The second-order valence-electron chi connectivity index (χ2n) is 6.05. The molecular weight excluding hydrogens is 393 g/mol. The van der Waals surface area contributed by atoms with Crippen LogP contribution >= 0.6 is 11.3 Å². The number of pyridine rings is 1. The molecule has 0 saturated carbocycles. The molecule has 2 heterocycles. The Bertz CT molecular complexity index is 1080. The van der Waals surface area contributed by atoms with Crippen molar-refractivity contribution >= 4 is 50.4 Å². The number of rotatable bonds is 3. The number of hydrogen-bond donors (Lipinski definition) is 3. The quantitative estimate of drug-likeness (QED) is 0.598. The third-order valence-electron chi connectivity index (χ3n) is 3.80. The maximum absolute atomic E-state index is 13.4. The Morgan fingerprint density at radius 2 is 1.68 bits per heavy atom. The molecule has 0 saturated heterocycles. The molecule has 2 aromatic heterocycles. The van der Waals surface area contributed by atoms with Gasteiger partial charge in [0.1, 0.15) is 9.71 Å². The fraction of sp³-hybridized carbons (Fsp3) is 0.167. The zero-order chi connectivity index (χ0) is 20.6. The summed E-state index contributed by atoms with van der Waals surface area (Å²) >= 11 is 0.802. The summed E-state index contributed by atoms with van der Waals surface area (Å²) in [5.74, 6) is -0.878. The monoisotopic (exact) mass is 408 g/mol. The second kappa shape index (κ2) is 7.12. The van der Waals surface area contributed by atoms with Crippen molar-refractivity contribution in [2.75, 3.05) is 16.4 Å². The van der Waals surface area contributed by atoms with Gasteiger partial charge in [-0.25, -0.2) is 4.98 Å². The van der Waals surface area contributed by atoms with Gasteiger partial charge in [0.15, 0.2) is 0 Å². The maximum atomic E-state index is 13.4. The predicted molar refractivity (Wildman–Crippen MR) is 102 cm³/mol. The third kappa shape index (κ3) is 3.91. The predicted octanol–water partition coefficient (Wildman–Crippen LogP) is 4.42. The van der Waals surface area contributed by atoms with Crippen molar-refractivity contribution < 1.29 is 22.8 Å². The summed E-state index contributed by atoms with van der Waals surface area (Å²) in [6, 6.07) is 7.18. The molecule has 0 radical (unpaired) electrons. The summed E-state index contributed by atoms with van der Waals surface area (Å²) in [6.07, 6.45) is -4.62. The zero-order valence-corrected chi connectivity index (χ0v) is 15.6. The number of benzene rings is 1. The number of alkyl halides is 3. The van der Waals surface area contributed by atoms with Crippen LogP contribution in [0.25, 0.3) is 10.2 Å². The van der Waals surface area contributed by atoms with Crippen molar-refractivity contribution in [3.63, 3.8) is 0 Å². The number of hydrogen-bond acceptors (Lipinski definition) is 5. The van der Waals surface area contributed by atoms with Gasteiger partial charge >= 0.3 is 6.18 Å². The lowest BCUT2D eigenvalue weighted by Gasteiger charge is -2.10. The molecule has 10 heteroatoms. The Kier molecular flexibility index (Phi) is 4.99. The first-order valence-electron chi connectivity index (χ1n) is 8.02. The average Bonchev–Trinajstić information content (AvgIpc) is 2.91. The van der Waals surface area contributed by atoms with Gasteiger partial charge in [0.25, 0.3) is 5.91 Å². The zero-order valence-electron chi connectivity index (χ0n) is 14.8. The van der Waals surface area contributed by atoms with E-state index in [2.05, 4.69) is 15.6 Å². The average molecular weight is 408 g/mol. The van der Waals surface area contributed by atoms with Gasteiger partial charge < -0.3 is 16.4 Å². The number of nitrogens with two attached hydrogens (primary N) is 1. The van der Waals surface area contributed by atoms with Crippen molar-refractivity contribution in [3.8, 4) is 0 Å². The van der Waals surface area contributed by atoms with Crippen LogP contribution in [0.2, 0.25) is 0 Å². The molecule has 0 fully saturated rings. The van der Waals surface area contributed by atoms with E-state index in [-0.39, 0.29) is 32.4 Å². The van der Waals surface area contributed by atoms with Gasteiger partial charge in [-0.2, -0.15) is 13.2 Å². The number of carbonyl (C=O) groups is 2. The summed E-state index contributed by atoms with van der Waals surface area (Å²) in [5, 5.41) is 4.90. The smallest absolute Gasteiger partial charge is 0.397 e. The number of amides is 2. The van der Waals surface area contributed by atoms with Crippen molar-refractivity contribution in [2.45, 2.75) is 20.0 Å². The van der Waals surface area contributed by atoms with Gasteiger partial charge in [0.2, 0.25) is 5.91 Å². The number of nitrogen functional groups attached to an aromatic ring is 1. The van der Waals surface area contributed by atoms with Crippen LogP contribution in [0, 0.1) is 6.92 Å². The van der Waals surface area contributed by atoms with E-state index in [1.807, 2.05) is 0 Å². The van der Waals surface area contributed by atoms with E-state index < -0.39 is 17.6 Å². The van der Waals surface area contributed by atoms with Crippen LogP contribution < -0.4 is 16.4 Å². The molecule has 0 aliphatic rings. The van der Waals surface area contributed by atoms with E-state index in [1.54, 1.807) is 24.3 Å². The normalized spacial score (nSPS) is 11.5. The minimum absolute atomic E-state index is 0.0514. The molecule has 28 heavy (non-hydrogen) atoms. The summed E-state index contributed by atoms with van der Waals surface area (Å²) in [4.78, 5) is 27.7. The minimum atomic E-state index is -4.62. The number of halogens is 3. The van der Waals surface area contributed by atoms with Crippen molar-refractivity contribution in [1.29, 1.82) is 0 Å². The number of nitrogens with zero attached hydrogens (tertiary/aromatic N) is 1. The van der Waals surface area contributed by atoms with Crippen molar-refractivity contribution in [2.24, 2.45) is 0 Å². The van der Waals surface area contributed by atoms with Gasteiger partial charge in [-0.3, -0.25) is 9.59 Å². The number of fused-ring (bicyclic) bond motifs is 1. The van der Waals surface area contributed by atoms with E-state index in [0.717, 1.165) is 17.4 Å². The first-order valence-corrected chi connectivity index (χ1v) is 8.83. The molecule has 146 valence electrons. The van der Waals surface area contributed by atoms with Gasteiger partial charge in [-0.1, -0.05) is 0 Å². The summed E-state index contributed by atoms with van der Waals surface area (Å²) in [7, 11) is 0. The van der Waals surface area contributed by atoms with Crippen molar-refractivity contribution in [1.82, 2.24) is 4.98 Å². The van der Waals surface area contributed by atoms with Gasteiger partial charge in [-0.15, -0.1) is 11.3 Å². The highest BCUT2D eigenvalue weighted by Gasteiger charge is 2.35. The summed E-state index contributed by atoms with van der Waals surface area (Å²) in [6.45, 7) is 2.81. The topological polar surface area (TPSA) is 97.1 Å². The van der Waals surface area contributed by atoms with Gasteiger partial charge in [0, 0.05) is 29.4 Å². The van der Waals surface area contributed by atoms with E-state index in [4.69, 9.17) is 5.73 Å². The number of carbonyl (C=O) groups excluding carboxylic acids is 2. The molecule has 0 bridgehead atoms. The Morgan fingerprint density at radius 3 is 2.21 bits per heavy atom. The molecule has 1 aromatic carbocycles. The lowest BCUT2D eigenvalue weighted by molar-refractivity contribution is -0.136. The van der Waals surface area contributed by atoms with E-state index in [1.165, 1.54) is 13.8 Å². The first kappa shape index (κ1) is 19.6. The lowest BCUT2D eigenvalue weighted by Crippen LogP contribution is -2.13. The van der Waals surface area contributed by atoms with Crippen molar-refractivity contribution in [3.05, 3.63) is 46.5 Å². The number of anilines is 3. The third-order valence-corrected chi connectivity index (χ3v) is 4.90. The molecule has 3 aromatic rings. The van der Waals surface area contributed by atoms with Crippen LogP contribution in [0.3, 0.4) is 0 Å². The molecule has 0 aliphatic carbocycles. The van der Waals surface area contributed by atoms with Crippen LogP contribution in [0.5, 0.6) is 0 Å². The number of nitrogens with one attached hydrogen (secondary N) is 2. The fourth-order valence-corrected chi connectivity index (χ4v) is 3.72. The lowest BCUT2D eigenvalue weighted by atomic mass is 10.1. The highest BCUT2D eigenvalue weighted by molar-refractivity contribution is 7.21. The molecule has 2 amide bonds. The maximum Gasteiger partial charge on any atom is 0.417 e. The van der Waals surface area contributed by atoms with Crippen LogP contribution in [-0.2, 0) is 11.0 Å². The summed E-state index contributed by atoms with van der Waals surface area (Å²) in [5.41, 5.74) is 5.83. The molecule has 6 nitrogen and oxygen atoms in total. The van der Waals surface area contributed by atoms with Crippen LogP contribution in [0.15, 0.2) is 30.3 Å². The Labute approximate surface area is 161 Å². The Hall–Kier alpha value is -3.14. The van der Waals surface area contributed by atoms with E-state index >= 15 is 0 Å². The van der Waals surface area contributed by atoms with Crippen LogP contribution in [0.1, 0.15) is 27.9 Å². The highest BCUT2D eigenvalue weighted by atomic mass is 32.1. The van der Waals surface area contributed by atoms with E-state index in [0.29, 0.717) is 11.4 Å². The number of aryl methyl sites for hydroxylation is 1. The molecule has 3 rings (SSSR count). The minimum Gasteiger partial charge on any atom is -0.397 e. The molecule has 4 N–H and O–H groups in total. The number of thiophene rings is 1. The molecule has 0 spiro atoms. The SMILES string of the molecule is CC(=O)Nc1ccc(NC(=O)c2sc3nc(C)cc(C(F)(F)F)c3c2N)cc1. The molecule has 0 atom stereocenters. The van der Waals surface area contributed by atoms with Crippen LogP contribution in [0.4, 0.5) is 30.2 Å². The summed E-state index contributed by atoms with van der Waals surface area (Å²) < 4.78 is 40.1. The number of aromatic nitrogens is 1. The highest BCUT2D eigenvalue weighted by Crippen LogP contribution is 2.42. The molecule has 0 aliphatic heterocycles. The first-order chi connectivity index (χ1) is 13.1. The standard InChI is InChI=1S/C18H15F3N4O2S/c1-8-7-12(18(19,20)21)13-14(22)15(28-17(13)23-8)16(27)25-11-5-3-10(4-6-11)24-9(2)26/h3-7H,22H2,1-2H3,(H,24,26)(H,25,27). The molecular formula is C18H15F3N4O2S. The Morgan fingerprint density at radius 1 is 1.11 bits per heavy atom. The fourth-order valence-electron chi connectivity index (χ4n) is 2.66. The largest absolute Gasteiger partial charge is 0.417 e.